The van der Waals surface area contributed by atoms with Crippen LogP contribution in [0.5, 0.6) is 0 Å². The summed E-state index contributed by atoms with van der Waals surface area (Å²) >= 11 is 0. The molecule has 41 heavy (non-hydrogen) atoms. The molecule has 6 rings (SSSR count). The van der Waals surface area contributed by atoms with Gasteiger partial charge in [0.1, 0.15) is 0 Å². The van der Waals surface area contributed by atoms with E-state index >= 15 is 0 Å². The molecule has 0 radical (unpaired) electrons. The lowest BCUT2D eigenvalue weighted by atomic mass is 9.86. The lowest BCUT2D eigenvalue weighted by molar-refractivity contribution is -0.140. The van der Waals surface area contributed by atoms with Gasteiger partial charge in [-0.3, -0.25) is 9.59 Å². The van der Waals surface area contributed by atoms with Crippen molar-refractivity contribution in [2.24, 2.45) is 11.8 Å². The average Bonchev–Trinajstić information content (AvgIpc) is 3.70. The Bertz CT molecular complexity index is 1820. The number of nitrogens with one attached hydrogen (secondary N) is 4. The molecule has 7 nitrogen and oxygen atoms in total. The number of hydrogen-bond donors (Lipinski definition) is 4. The number of allylic oxidation sites excluding steroid dienone is 3. The van der Waals surface area contributed by atoms with Gasteiger partial charge in [0.05, 0.1) is 12.8 Å². The van der Waals surface area contributed by atoms with Gasteiger partial charge in [0.15, 0.2) is 5.78 Å². The molecule has 0 amide bonds. The quantitative estimate of drug-likeness (QED) is 0.339. The molecule has 3 aliphatic rings. The van der Waals surface area contributed by atoms with E-state index in [0.29, 0.717) is 19.3 Å². The van der Waals surface area contributed by atoms with Gasteiger partial charge in [0, 0.05) is 80.6 Å². The molecule has 1 fully saturated rings. The van der Waals surface area contributed by atoms with E-state index in [-0.39, 0.29) is 23.6 Å². The van der Waals surface area contributed by atoms with Crippen LogP contribution in [-0.4, -0.2) is 33.8 Å². The SMILES string of the molecule is C=Cc1c2[nH]c(c1C)/C=C1\N/C(=C3/CC(=O)c4c3[nH]c(c4C)/C=c3/[nH]c(c(C)c3CC)=C2)C(CCC(=O)OC)C1C. The molecule has 7 heteroatoms. The van der Waals surface area contributed by atoms with Gasteiger partial charge in [-0.05, 0) is 74.1 Å². The molecule has 0 aromatic carbocycles. The van der Waals surface area contributed by atoms with E-state index in [2.05, 4.69) is 72.8 Å². The van der Waals surface area contributed by atoms with Crippen LogP contribution in [0, 0.1) is 32.6 Å². The molecule has 5 heterocycles. The Morgan fingerprint density at radius 3 is 2.46 bits per heavy atom. The van der Waals surface area contributed by atoms with Gasteiger partial charge in [-0.2, -0.15) is 0 Å². The second-order valence-electron chi connectivity index (χ2n) is 11.5. The van der Waals surface area contributed by atoms with E-state index in [0.717, 1.165) is 79.1 Å². The third kappa shape index (κ3) is 4.17. The number of hydrogen-bond acceptors (Lipinski definition) is 4. The standard InChI is InChI=1S/C34H38N4O3/c1-8-20-16(3)24-13-26-18(5)22(10-11-31(40)41-7)33(37-26)23-12-30(39)32-19(6)27(38-34(23)32)15-29-21(9-2)17(4)25(36-29)14-28(20)35-24/h8,13-15,18,22,35-38H,1,9-12H2,2-7H3/b25-14?,26-13-,29-15+,33-23-. The zero-order valence-corrected chi connectivity index (χ0v) is 24.7. The molecule has 0 saturated carbocycles. The first-order valence-electron chi connectivity index (χ1n) is 14.5. The molecule has 2 unspecified atom stereocenters. The van der Waals surface area contributed by atoms with Gasteiger partial charge in [-0.15, -0.1) is 0 Å². The van der Waals surface area contributed by atoms with E-state index < -0.39 is 0 Å². The maximum atomic E-state index is 13.5. The number of Topliss-reactive ketones (excluding diaryl/α,β-unsaturated/α-hetero) is 1. The van der Waals surface area contributed by atoms with Crippen LogP contribution >= 0.6 is 0 Å². The summed E-state index contributed by atoms with van der Waals surface area (Å²) in [6, 6.07) is 0. The molecule has 212 valence electrons. The van der Waals surface area contributed by atoms with Gasteiger partial charge >= 0.3 is 5.97 Å². The zero-order chi connectivity index (χ0) is 29.2. The summed E-state index contributed by atoms with van der Waals surface area (Å²) in [5.74, 6) is 0.0574. The third-order valence-electron chi connectivity index (χ3n) is 9.42. The number of carbonyl (C=O) groups excluding carboxylic acids is 2. The molecule has 3 aromatic rings. The fourth-order valence-corrected chi connectivity index (χ4v) is 6.99. The fourth-order valence-electron chi connectivity index (χ4n) is 6.99. The number of rotatable bonds is 5. The molecule has 1 aliphatic carbocycles. The maximum absolute atomic E-state index is 13.5. The highest BCUT2D eigenvalue weighted by atomic mass is 16.5. The van der Waals surface area contributed by atoms with Crippen molar-refractivity contribution < 1.29 is 14.3 Å². The molecule has 0 spiro atoms. The number of methoxy groups -OCH3 is 1. The zero-order valence-electron chi connectivity index (χ0n) is 24.7. The van der Waals surface area contributed by atoms with E-state index in [9.17, 15) is 9.59 Å². The average molecular weight is 551 g/mol. The van der Waals surface area contributed by atoms with Crippen LogP contribution in [0.1, 0.15) is 94.1 Å². The first kappa shape index (κ1) is 26.9. The third-order valence-corrected chi connectivity index (χ3v) is 9.42. The summed E-state index contributed by atoms with van der Waals surface area (Å²) in [6.07, 6.45) is 10.6. The minimum absolute atomic E-state index is 0.0425. The van der Waals surface area contributed by atoms with Crippen molar-refractivity contribution in [1.29, 1.82) is 0 Å². The fraction of sp³-hybridized carbons (Fsp3) is 0.353. The number of ketones is 1. The second kappa shape index (κ2) is 9.98. The number of H-pyrrole nitrogens is 3. The minimum Gasteiger partial charge on any atom is -0.469 e. The number of aromatic amines is 3. The Balaban J connectivity index is 1.67. The predicted molar refractivity (Wildman–Crippen MR) is 163 cm³/mol. The Hall–Kier alpha value is -4.26. The smallest absolute Gasteiger partial charge is 0.305 e. The van der Waals surface area contributed by atoms with Crippen LogP contribution in [0.2, 0.25) is 0 Å². The minimum atomic E-state index is -0.226. The van der Waals surface area contributed by atoms with Gasteiger partial charge < -0.3 is 25.0 Å². The van der Waals surface area contributed by atoms with Crippen molar-refractivity contribution >= 4 is 41.6 Å². The van der Waals surface area contributed by atoms with Crippen molar-refractivity contribution in [3.8, 4) is 0 Å². The highest BCUT2D eigenvalue weighted by Crippen LogP contribution is 2.45. The highest BCUT2D eigenvalue weighted by Gasteiger charge is 2.39. The second-order valence-corrected chi connectivity index (χ2v) is 11.5. The molecule has 2 atom stereocenters. The van der Waals surface area contributed by atoms with Crippen molar-refractivity contribution in [3.63, 3.8) is 0 Å². The first-order chi connectivity index (χ1) is 19.7. The van der Waals surface area contributed by atoms with Crippen molar-refractivity contribution in [1.82, 2.24) is 20.3 Å². The summed E-state index contributed by atoms with van der Waals surface area (Å²) < 4.78 is 4.97. The molecule has 8 bridgehead atoms. The summed E-state index contributed by atoms with van der Waals surface area (Å²) in [6.45, 7) is 14.8. The molecule has 4 N–H and O–H groups in total. The summed E-state index contributed by atoms with van der Waals surface area (Å²) in [5.41, 5.74) is 13.3. The number of ether oxygens (including phenoxy) is 1. The van der Waals surface area contributed by atoms with Crippen molar-refractivity contribution in [2.75, 3.05) is 7.11 Å². The monoisotopic (exact) mass is 550 g/mol. The molecular weight excluding hydrogens is 512 g/mol. The summed E-state index contributed by atoms with van der Waals surface area (Å²) in [5, 5.41) is 5.82. The van der Waals surface area contributed by atoms with Crippen LogP contribution in [0.4, 0.5) is 0 Å². The predicted octanol–water partition coefficient (Wildman–Crippen LogP) is 4.92. The molecule has 3 aromatic heterocycles. The van der Waals surface area contributed by atoms with Gasteiger partial charge in [-0.1, -0.05) is 26.5 Å². The Morgan fingerprint density at radius 1 is 1.02 bits per heavy atom. The Morgan fingerprint density at radius 2 is 1.76 bits per heavy atom. The van der Waals surface area contributed by atoms with E-state index in [4.69, 9.17) is 4.74 Å². The van der Waals surface area contributed by atoms with E-state index in [1.165, 1.54) is 18.2 Å². The van der Waals surface area contributed by atoms with Crippen LogP contribution in [0.15, 0.2) is 18.0 Å². The maximum Gasteiger partial charge on any atom is 0.305 e. The Labute approximate surface area is 240 Å². The van der Waals surface area contributed by atoms with Crippen LogP contribution < -0.4 is 16.0 Å². The first-order valence-corrected chi connectivity index (χ1v) is 14.5. The number of carbonyl (C=O) groups is 2. The van der Waals surface area contributed by atoms with Crippen molar-refractivity contribution in [2.45, 2.75) is 60.3 Å². The van der Waals surface area contributed by atoms with Crippen LogP contribution in [-0.2, 0) is 16.0 Å². The summed E-state index contributed by atoms with van der Waals surface area (Å²) in [4.78, 5) is 36.6. The molecular formula is C34H38N4O3. The van der Waals surface area contributed by atoms with Crippen LogP contribution in [0.25, 0.3) is 29.9 Å². The van der Waals surface area contributed by atoms with Crippen molar-refractivity contribution in [3.05, 3.63) is 84.8 Å². The topological polar surface area (TPSA) is 103 Å². The lowest BCUT2D eigenvalue weighted by Gasteiger charge is -2.17. The lowest BCUT2D eigenvalue weighted by Crippen LogP contribution is -2.13. The van der Waals surface area contributed by atoms with Gasteiger partial charge in [0.2, 0.25) is 0 Å². The highest BCUT2D eigenvalue weighted by molar-refractivity contribution is 6.13. The van der Waals surface area contributed by atoms with E-state index in [1.54, 1.807) is 0 Å². The number of esters is 1. The largest absolute Gasteiger partial charge is 0.469 e. The van der Waals surface area contributed by atoms with Crippen LogP contribution in [0.3, 0.4) is 0 Å². The summed E-state index contributed by atoms with van der Waals surface area (Å²) in [7, 11) is 1.43. The van der Waals surface area contributed by atoms with Gasteiger partial charge in [-0.25, -0.2) is 0 Å². The number of fused-ring (bicyclic) bond motifs is 7. The molecule has 1 saturated heterocycles. The van der Waals surface area contributed by atoms with Gasteiger partial charge in [0.25, 0.3) is 0 Å². The van der Waals surface area contributed by atoms with E-state index in [1.807, 2.05) is 13.0 Å². The Kier molecular flexibility index (Phi) is 6.56. The normalized spacial score (nSPS) is 22.9. The number of aromatic nitrogens is 3. The molecule has 2 aliphatic heterocycles.